The third kappa shape index (κ3) is 8.15. The first kappa shape index (κ1) is 30.5. The number of rotatable bonds is 12. The third-order valence-electron chi connectivity index (χ3n) is 5.84. The lowest BCUT2D eigenvalue weighted by atomic mass is 10.1. The molecule has 9 nitrogen and oxygen atoms in total. The molecule has 37 heavy (non-hydrogen) atoms. The van der Waals surface area contributed by atoms with Gasteiger partial charge in [0.25, 0.3) is 0 Å². The molecule has 0 aliphatic heterocycles. The number of carbonyl (C=O) groups is 2. The topological polar surface area (TPSA) is 105 Å². The highest BCUT2D eigenvalue weighted by molar-refractivity contribution is 7.92. The summed E-state index contributed by atoms with van der Waals surface area (Å²) in [6.07, 6.45) is 1.69. The van der Waals surface area contributed by atoms with E-state index in [9.17, 15) is 18.0 Å². The summed E-state index contributed by atoms with van der Waals surface area (Å²) >= 11 is 12.2. The van der Waals surface area contributed by atoms with Gasteiger partial charge in [-0.25, -0.2) is 8.42 Å². The zero-order valence-electron chi connectivity index (χ0n) is 21.7. The van der Waals surface area contributed by atoms with E-state index in [0.29, 0.717) is 27.8 Å². The Labute approximate surface area is 228 Å². The molecule has 2 aromatic carbocycles. The molecule has 0 heterocycles. The van der Waals surface area contributed by atoms with Gasteiger partial charge < -0.3 is 19.7 Å². The Kier molecular flexibility index (Phi) is 10.9. The molecule has 0 aromatic heterocycles. The van der Waals surface area contributed by atoms with E-state index in [1.807, 2.05) is 13.8 Å². The number of carbonyl (C=O) groups excluding carboxylic acids is 2. The zero-order chi connectivity index (χ0) is 27.9. The van der Waals surface area contributed by atoms with Crippen molar-refractivity contribution in [1.82, 2.24) is 10.2 Å². The van der Waals surface area contributed by atoms with Crippen LogP contribution in [0.5, 0.6) is 11.5 Å². The number of nitrogens with zero attached hydrogens (tertiary/aromatic N) is 2. The van der Waals surface area contributed by atoms with E-state index < -0.39 is 28.5 Å². The fourth-order valence-corrected chi connectivity index (χ4v) is 4.63. The van der Waals surface area contributed by atoms with Crippen molar-refractivity contribution in [2.24, 2.45) is 0 Å². The summed E-state index contributed by atoms with van der Waals surface area (Å²) in [7, 11) is -1.11. The quantitative estimate of drug-likeness (QED) is 0.409. The molecule has 204 valence electrons. The maximum Gasteiger partial charge on any atom is 0.244 e. The fraction of sp³-hybridized carbons (Fsp3) is 0.440. The van der Waals surface area contributed by atoms with Crippen LogP contribution in [0.4, 0.5) is 5.69 Å². The van der Waals surface area contributed by atoms with Gasteiger partial charge >= 0.3 is 0 Å². The molecule has 12 heteroatoms. The van der Waals surface area contributed by atoms with E-state index in [2.05, 4.69) is 5.32 Å². The van der Waals surface area contributed by atoms with Gasteiger partial charge in [-0.2, -0.15) is 0 Å². The van der Waals surface area contributed by atoms with Crippen LogP contribution in [0.15, 0.2) is 36.4 Å². The largest absolute Gasteiger partial charge is 0.497 e. The smallest absolute Gasteiger partial charge is 0.244 e. The number of halogens is 2. The van der Waals surface area contributed by atoms with E-state index in [1.54, 1.807) is 37.3 Å². The van der Waals surface area contributed by atoms with Crippen LogP contribution in [0.25, 0.3) is 0 Å². The van der Waals surface area contributed by atoms with E-state index >= 15 is 0 Å². The summed E-state index contributed by atoms with van der Waals surface area (Å²) < 4.78 is 37.2. The van der Waals surface area contributed by atoms with Gasteiger partial charge in [-0.05, 0) is 50.1 Å². The molecule has 0 fully saturated rings. The second-order valence-corrected chi connectivity index (χ2v) is 11.3. The average Bonchev–Trinajstić information content (AvgIpc) is 2.85. The van der Waals surface area contributed by atoms with Crippen molar-refractivity contribution >= 4 is 50.7 Å². The molecule has 0 radical (unpaired) electrons. The highest BCUT2D eigenvalue weighted by Crippen LogP contribution is 2.34. The summed E-state index contributed by atoms with van der Waals surface area (Å²) in [4.78, 5) is 28.0. The minimum atomic E-state index is -3.95. The number of amides is 2. The molecule has 0 spiro atoms. The van der Waals surface area contributed by atoms with Crippen molar-refractivity contribution in [3.05, 3.63) is 52.0 Å². The first-order valence-corrected chi connectivity index (χ1v) is 14.2. The minimum Gasteiger partial charge on any atom is -0.497 e. The van der Waals surface area contributed by atoms with E-state index in [1.165, 1.54) is 25.2 Å². The minimum absolute atomic E-state index is 0.00232. The molecule has 0 saturated heterocycles. The molecule has 0 aliphatic rings. The third-order valence-corrected chi connectivity index (χ3v) is 7.70. The standard InChI is InChI=1S/C25H33Cl2N3O6S/c1-7-16(2)28-25(32)17(3)29(14-18-8-10-20(26)21(27)12-18)24(31)15-30(37(6,33)34)22-13-19(35-4)9-11-23(22)36-5/h8-13,16-17H,7,14-15H2,1-6H3,(H,28,32)/t16-,17+/m0/s1. The van der Waals surface area contributed by atoms with Crippen molar-refractivity contribution in [3.63, 3.8) is 0 Å². The van der Waals surface area contributed by atoms with Gasteiger partial charge in [-0.15, -0.1) is 0 Å². The predicted molar refractivity (Wildman–Crippen MR) is 146 cm³/mol. The molecule has 0 saturated carbocycles. The Bertz CT molecular complexity index is 1220. The highest BCUT2D eigenvalue weighted by Gasteiger charge is 2.31. The molecule has 2 atom stereocenters. The average molecular weight is 575 g/mol. The summed E-state index contributed by atoms with van der Waals surface area (Å²) in [6, 6.07) is 8.49. The number of anilines is 1. The molecule has 1 N–H and O–H groups in total. The lowest BCUT2D eigenvalue weighted by Gasteiger charge is -2.32. The Balaban J connectivity index is 2.50. The highest BCUT2D eigenvalue weighted by atomic mass is 35.5. The van der Waals surface area contributed by atoms with Crippen LogP contribution >= 0.6 is 23.2 Å². The lowest BCUT2D eigenvalue weighted by Crippen LogP contribution is -2.52. The lowest BCUT2D eigenvalue weighted by molar-refractivity contribution is -0.139. The van der Waals surface area contributed by atoms with E-state index in [0.717, 1.165) is 10.6 Å². The van der Waals surface area contributed by atoms with Gasteiger partial charge in [-0.1, -0.05) is 36.2 Å². The van der Waals surface area contributed by atoms with Crippen molar-refractivity contribution in [2.75, 3.05) is 31.3 Å². The Morgan fingerprint density at radius 3 is 2.24 bits per heavy atom. The SMILES string of the molecule is CC[C@H](C)NC(=O)[C@@H](C)N(Cc1ccc(Cl)c(Cl)c1)C(=O)CN(c1cc(OC)ccc1OC)S(C)(=O)=O. The van der Waals surface area contributed by atoms with Crippen molar-refractivity contribution < 1.29 is 27.5 Å². The second-order valence-electron chi connectivity index (χ2n) is 8.57. The number of hydrogen-bond acceptors (Lipinski definition) is 6. The molecule has 0 unspecified atom stereocenters. The maximum absolute atomic E-state index is 13.7. The van der Waals surface area contributed by atoms with E-state index in [-0.39, 0.29) is 29.9 Å². The molecule has 2 rings (SSSR count). The number of ether oxygens (including phenoxy) is 2. The van der Waals surface area contributed by atoms with Crippen LogP contribution in [-0.4, -0.2) is 64.2 Å². The van der Waals surface area contributed by atoms with Gasteiger partial charge in [0.05, 0.1) is 36.2 Å². The summed E-state index contributed by atoms with van der Waals surface area (Å²) in [6.45, 7) is 4.79. The van der Waals surface area contributed by atoms with Crippen molar-refractivity contribution in [2.45, 2.75) is 45.8 Å². The fourth-order valence-electron chi connectivity index (χ4n) is 3.47. The van der Waals surface area contributed by atoms with Gasteiger partial charge in [-0.3, -0.25) is 13.9 Å². The van der Waals surface area contributed by atoms with E-state index in [4.69, 9.17) is 32.7 Å². The van der Waals surface area contributed by atoms with Crippen molar-refractivity contribution in [1.29, 1.82) is 0 Å². The zero-order valence-corrected chi connectivity index (χ0v) is 24.1. The van der Waals surface area contributed by atoms with Gasteiger partial charge in [0.1, 0.15) is 24.1 Å². The van der Waals surface area contributed by atoms with Crippen LogP contribution in [-0.2, 0) is 26.2 Å². The molecule has 2 amide bonds. The Hall–Kier alpha value is -2.69. The summed E-state index contributed by atoms with van der Waals surface area (Å²) in [5, 5.41) is 3.51. The summed E-state index contributed by atoms with van der Waals surface area (Å²) in [5.41, 5.74) is 0.750. The number of methoxy groups -OCH3 is 2. The van der Waals surface area contributed by atoms with Gasteiger partial charge in [0.15, 0.2) is 0 Å². The number of hydrogen-bond donors (Lipinski definition) is 1. The summed E-state index contributed by atoms with van der Waals surface area (Å²) in [5.74, 6) is -0.357. The van der Waals surface area contributed by atoms with Crippen LogP contribution in [0.1, 0.15) is 32.8 Å². The van der Waals surface area contributed by atoms with Crippen LogP contribution in [0.3, 0.4) is 0 Å². The molecule has 0 aliphatic carbocycles. The monoisotopic (exact) mass is 573 g/mol. The predicted octanol–water partition coefficient (Wildman–Crippen LogP) is 4.11. The number of nitrogens with one attached hydrogen (secondary N) is 1. The Morgan fingerprint density at radius 2 is 1.70 bits per heavy atom. The number of benzene rings is 2. The maximum atomic E-state index is 13.7. The van der Waals surface area contributed by atoms with Crippen LogP contribution in [0.2, 0.25) is 10.0 Å². The first-order valence-electron chi connectivity index (χ1n) is 11.6. The van der Waals surface area contributed by atoms with Crippen LogP contribution < -0.4 is 19.1 Å². The molecule has 2 aromatic rings. The first-order chi connectivity index (χ1) is 17.3. The second kappa shape index (κ2) is 13.2. The number of sulfonamides is 1. The molecular formula is C25H33Cl2N3O6S. The Morgan fingerprint density at radius 1 is 1.03 bits per heavy atom. The van der Waals surface area contributed by atoms with Gasteiger partial charge in [0.2, 0.25) is 21.8 Å². The normalized spacial score (nSPS) is 12.9. The molecule has 0 bridgehead atoms. The van der Waals surface area contributed by atoms with Crippen LogP contribution in [0, 0.1) is 0 Å². The molecular weight excluding hydrogens is 541 g/mol. The van der Waals surface area contributed by atoms with Gasteiger partial charge in [0, 0.05) is 18.7 Å². The van der Waals surface area contributed by atoms with Crippen molar-refractivity contribution in [3.8, 4) is 11.5 Å².